The number of anilines is 1. The fraction of sp³-hybridized carbons (Fsp3) is 0.185. The number of methoxy groups -OCH3 is 1. The van der Waals surface area contributed by atoms with Gasteiger partial charge in [-0.25, -0.2) is 5.01 Å². The van der Waals surface area contributed by atoms with Gasteiger partial charge in [0.05, 0.1) is 18.9 Å². The lowest BCUT2D eigenvalue weighted by Crippen LogP contribution is -2.25. The van der Waals surface area contributed by atoms with Gasteiger partial charge in [0.15, 0.2) is 5.17 Å². The molecule has 2 aliphatic heterocycles. The number of nitrogens with one attached hydrogen (secondary N) is 1. The molecular weight excluding hydrogens is 496 g/mol. The van der Waals surface area contributed by atoms with Crippen LogP contribution in [0.5, 0.6) is 5.75 Å². The fourth-order valence-corrected chi connectivity index (χ4v) is 5.38. The summed E-state index contributed by atoms with van der Waals surface area (Å²) in [6.45, 7) is 0. The third kappa shape index (κ3) is 5.29. The second-order valence-electron chi connectivity index (χ2n) is 8.35. The lowest BCUT2D eigenvalue weighted by molar-refractivity contribution is -0.121. The summed E-state index contributed by atoms with van der Waals surface area (Å²) in [5.41, 5.74) is 3.48. The lowest BCUT2D eigenvalue weighted by atomic mass is 9.98. The van der Waals surface area contributed by atoms with Crippen molar-refractivity contribution in [1.29, 1.82) is 0 Å². The fourth-order valence-electron chi connectivity index (χ4n) is 4.12. The molecule has 2 aliphatic rings. The first-order valence-electron chi connectivity index (χ1n) is 11.4. The van der Waals surface area contributed by atoms with Crippen LogP contribution in [0.2, 0.25) is 5.02 Å². The number of ether oxygens (including phenoxy) is 1. The summed E-state index contributed by atoms with van der Waals surface area (Å²) in [7, 11) is 1.63. The number of aliphatic imine (C=N–C) groups is 1. The Kier molecular flexibility index (Phi) is 7.06. The van der Waals surface area contributed by atoms with Crippen molar-refractivity contribution in [2.24, 2.45) is 10.1 Å². The van der Waals surface area contributed by atoms with Gasteiger partial charge < -0.3 is 10.1 Å². The summed E-state index contributed by atoms with van der Waals surface area (Å²) < 4.78 is 5.27. The third-order valence-electron chi connectivity index (χ3n) is 5.92. The van der Waals surface area contributed by atoms with E-state index in [4.69, 9.17) is 21.4 Å². The predicted octanol–water partition coefficient (Wildman–Crippen LogP) is 5.53. The average Bonchev–Trinajstić information content (AvgIpc) is 3.49. The first-order valence-corrected chi connectivity index (χ1v) is 12.7. The molecule has 182 valence electrons. The predicted molar refractivity (Wildman–Crippen MR) is 144 cm³/mol. The minimum Gasteiger partial charge on any atom is -0.497 e. The molecule has 0 saturated heterocycles. The molecule has 36 heavy (non-hydrogen) atoms. The van der Waals surface area contributed by atoms with Gasteiger partial charge in [0.2, 0.25) is 5.91 Å². The smallest absolute Gasteiger partial charge is 0.262 e. The van der Waals surface area contributed by atoms with E-state index in [9.17, 15) is 9.59 Å². The molecule has 0 unspecified atom stereocenters. The number of thioether (sulfide) groups is 1. The van der Waals surface area contributed by atoms with Crippen molar-refractivity contribution in [3.05, 3.63) is 95.0 Å². The van der Waals surface area contributed by atoms with E-state index in [0.717, 1.165) is 22.6 Å². The molecule has 3 aromatic rings. The van der Waals surface area contributed by atoms with Crippen LogP contribution in [0.25, 0.3) is 0 Å². The Balaban J connectivity index is 1.37. The van der Waals surface area contributed by atoms with E-state index in [1.807, 2.05) is 66.7 Å². The van der Waals surface area contributed by atoms with Gasteiger partial charge in [0.1, 0.15) is 11.0 Å². The van der Waals surface area contributed by atoms with Crippen LogP contribution in [0.15, 0.2) is 89.0 Å². The second kappa shape index (κ2) is 10.6. The highest BCUT2D eigenvalue weighted by Gasteiger charge is 2.39. The maximum absolute atomic E-state index is 12.8. The van der Waals surface area contributed by atoms with Crippen LogP contribution < -0.4 is 10.1 Å². The van der Waals surface area contributed by atoms with Gasteiger partial charge in [-0.05, 0) is 59.7 Å². The summed E-state index contributed by atoms with van der Waals surface area (Å²) in [4.78, 5) is 29.6. The largest absolute Gasteiger partial charge is 0.497 e. The van der Waals surface area contributed by atoms with Gasteiger partial charge in [0, 0.05) is 23.6 Å². The number of benzene rings is 3. The molecule has 0 spiro atoms. The van der Waals surface area contributed by atoms with Crippen LogP contribution in [-0.2, 0) is 9.59 Å². The molecular formula is C27H23ClN4O3S. The Labute approximate surface area is 218 Å². The van der Waals surface area contributed by atoms with Gasteiger partial charge in [-0.2, -0.15) is 10.1 Å². The first kappa shape index (κ1) is 24.1. The molecule has 3 aromatic carbocycles. The third-order valence-corrected chi connectivity index (χ3v) is 7.30. The Morgan fingerprint density at radius 1 is 1.11 bits per heavy atom. The maximum atomic E-state index is 12.8. The first-order chi connectivity index (χ1) is 17.5. The van der Waals surface area contributed by atoms with E-state index in [2.05, 4.69) is 10.3 Å². The van der Waals surface area contributed by atoms with Crippen molar-refractivity contribution < 1.29 is 14.3 Å². The highest BCUT2D eigenvalue weighted by Crippen LogP contribution is 2.39. The molecule has 2 amide bonds. The number of hydrogen-bond acceptors (Lipinski definition) is 6. The second-order valence-corrected chi connectivity index (χ2v) is 9.96. The van der Waals surface area contributed by atoms with E-state index in [0.29, 0.717) is 22.3 Å². The maximum Gasteiger partial charge on any atom is 0.262 e. The van der Waals surface area contributed by atoms with Crippen molar-refractivity contribution in [3.63, 3.8) is 0 Å². The monoisotopic (exact) mass is 518 g/mol. The molecule has 0 bridgehead atoms. The molecule has 9 heteroatoms. The average molecular weight is 519 g/mol. The van der Waals surface area contributed by atoms with Gasteiger partial charge in [-0.3, -0.25) is 9.59 Å². The van der Waals surface area contributed by atoms with Crippen LogP contribution >= 0.6 is 23.4 Å². The molecule has 5 rings (SSSR count). The van der Waals surface area contributed by atoms with Crippen LogP contribution in [0, 0.1) is 0 Å². The molecule has 1 N–H and O–H groups in total. The van der Waals surface area contributed by atoms with E-state index in [1.165, 1.54) is 11.8 Å². The zero-order chi connectivity index (χ0) is 25.1. The summed E-state index contributed by atoms with van der Waals surface area (Å²) >= 11 is 7.55. The summed E-state index contributed by atoms with van der Waals surface area (Å²) in [6, 6.07) is 24.3. The Bertz CT molecular complexity index is 1340. The molecule has 0 aromatic heterocycles. The summed E-state index contributed by atoms with van der Waals surface area (Å²) in [6.07, 6.45) is 0.635. The van der Waals surface area contributed by atoms with Crippen LogP contribution in [0.1, 0.15) is 30.0 Å². The minimum atomic E-state index is -0.607. The van der Waals surface area contributed by atoms with Gasteiger partial charge in [0.25, 0.3) is 5.91 Å². The minimum absolute atomic E-state index is 0.0239. The topological polar surface area (TPSA) is 83.4 Å². The molecule has 0 radical (unpaired) electrons. The molecule has 2 atom stereocenters. The highest BCUT2D eigenvalue weighted by molar-refractivity contribution is 8.15. The zero-order valence-electron chi connectivity index (χ0n) is 19.4. The molecule has 0 aliphatic carbocycles. The molecule has 0 saturated carbocycles. The SMILES string of the molecule is COc1ccc(C2=NN(C3=NC(=O)[C@H](CC(=O)Nc4ccccc4)S3)[C@H](c3cccc(Cl)c3)C2)cc1. The summed E-state index contributed by atoms with van der Waals surface area (Å²) in [5.74, 6) is 0.188. The van der Waals surface area contributed by atoms with Gasteiger partial charge >= 0.3 is 0 Å². The number of para-hydroxylation sites is 1. The number of carbonyl (C=O) groups is 2. The quantitative estimate of drug-likeness (QED) is 0.464. The number of nitrogens with zero attached hydrogens (tertiary/aromatic N) is 3. The van der Waals surface area contributed by atoms with Crippen molar-refractivity contribution >= 4 is 51.7 Å². The van der Waals surface area contributed by atoms with Crippen LogP contribution in [-0.4, -0.2) is 40.1 Å². The van der Waals surface area contributed by atoms with E-state index in [1.54, 1.807) is 24.3 Å². The number of halogens is 1. The van der Waals surface area contributed by atoms with Crippen LogP contribution in [0.3, 0.4) is 0 Å². The number of amides is 2. The Morgan fingerprint density at radius 2 is 1.89 bits per heavy atom. The summed E-state index contributed by atoms with van der Waals surface area (Å²) in [5, 5.41) is 9.97. The van der Waals surface area contributed by atoms with Crippen molar-refractivity contribution in [1.82, 2.24) is 5.01 Å². The standard InChI is InChI=1S/C27H23ClN4O3S/c1-35-21-12-10-17(11-13-21)22-15-23(18-6-5-7-19(28)14-18)32(31-22)27-30-26(34)24(36-27)16-25(33)29-20-8-3-2-4-9-20/h2-14,23-24H,15-16H2,1H3,(H,29,33)/t23-,24-/m0/s1. The van der Waals surface area contributed by atoms with Gasteiger partial charge in [-0.1, -0.05) is 53.7 Å². The number of hydrogen-bond donors (Lipinski definition) is 1. The Hall–Kier alpha value is -3.62. The normalized spacial score (nSPS) is 19.2. The number of amidine groups is 1. The molecule has 0 fully saturated rings. The molecule has 2 heterocycles. The number of hydrazone groups is 1. The Morgan fingerprint density at radius 3 is 2.61 bits per heavy atom. The van der Waals surface area contributed by atoms with Crippen LogP contribution in [0.4, 0.5) is 5.69 Å². The highest BCUT2D eigenvalue weighted by atomic mass is 35.5. The van der Waals surface area contributed by atoms with Gasteiger partial charge in [-0.15, -0.1) is 0 Å². The van der Waals surface area contributed by atoms with E-state index >= 15 is 0 Å². The van der Waals surface area contributed by atoms with Crippen molar-refractivity contribution in [3.8, 4) is 5.75 Å². The number of rotatable bonds is 6. The molecule has 7 nitrogen and oxygen atoms in total. The lowest BCUT2D eigenvalue weighted by Gasteiger charge is -2.23. The zero-order valence-corrected chi connectivity index (χ0v) is 21.0. The van der Waals surface area contributed by atoms with E-state index in [-0.39, 0.29) is 24.3 Å². The van der Waals surface area contributed by atoms with Crippen molar-refractivity contribution in [2.45, 2.75) is 24.1 Å². The van der Waals surface area contributed by atoms with E-state index < -0.39 is 5.25 Å². The van der Waals surface area contributed by atoms with Crippen molar-refractivity contribution in [2.75, 3.05) is 12.4 Å². The number of carbonyl (C=O) groups excluding carboxylic acids is 2.